The van der Waals surface area contributed by atoms with Crippen LogP contribution in [0.3, 0.4) is 0 Å². The monoisotopic (exact) mass is 260 g/mol. The number of hydrogen-bond donors (Lipinski definition) is 0. The summed E-state index contributed by atoms with van der Waals surface area (Å²) >= 11 is 9.42. The summed E-state index contributed by atoms with van der Waals surface area (Å²) in [5, 5.41) is 1.92. The van der Waals surface area contributed by atoms with Crippen LogP contribution in [0.2, 0.25) is 5.02 Å². The Labute approximate surface area is 93.4 Å². The van der Waals surface area contributed by atoms with Crippen molar-refractivity contribution >= 4 is 27.5 Å². The molecule has 1 aromatic carbocycles. The molecule has 0 aliphatic rings. The van der Waals surface area contributed by atoms with Crippen LogP contribution in [0.1, 0.15) is 24.5 Å². The zero-order chi connectivity index (χ0) is 9.68. The van der Waals surface area contributed by atoms with Gasteiger partial charge in [-0.05, 0) is 42.5 Å². The number of aryl methyl sites for hydroxylation is 2. The molecular formula is C11H14BrCl. The summed E-state index contributed by atoms with van der Waals surface area (Å²) in [6.45, 7) is 2.15. The Hall–Kier alpha value is -0.0100. The van der Waals surface area contributed by atoms with Crippen molar-refractivity contribution in [3.63, 3.8) is 0 Å². The maximum atomic E-state index is 6.00. The zero-order valence-corrected chi connectivity index (χ0v) is 10.2. The van der Waals surface area contributed by atoms with E-state index in [0.717, 1.165) is 23.2 Å². The summed E-state index contributed by atoms with van der Waals surface area (Å²) in [5.74, 6) is 0. The topological polar surface area (TPSA) is 0 Å². The molecule has 0 aliphatic heterocycles. The van der Waals surface area contributed by atoms with Gasteiger partial charge in [-0.15, -0.1) is 0 Å². The fraction of sp³-hybridized carbons (Fsp3) is 0.455. The summed E-state index contributed by atoms with van der Waals surface area (Å²) in [5.41, 5.74) is 2.68. The van der Waals surface area contributed by atoms with Crippen molar-refractivity contribution in [2.75, 3.05) is 5.33 Å². The highest BCUT2D eigenvalue weighted by molar-refractivity contribution is 9.09. The first-order chi connectivity index (χ1) is 6.26. The molecule has 0 unspecified atom stereocenters. The predicted molar refractivity (Wildman–Crippen MR) is 62.9 cm³/mol. The van der Waals surface area contributed by atoms with Crippen LogP contribution >= 0.6 is 27.5 Å². The van der Waals surface area contributed by atoms with E-state index in [2.05, 4.69) is 35.0 Å². The van der Waals surface area contributed by atoms with Crippen LogP contribution in [-0.2, 0) is 12.8 Å². The van der Waals surface area contributed by atoms with Crippen molar-refractivity contribution in [3.05, 3.63) is 34.3 Å². The van der Waals surface area contributed by atoms with E-state index in [4.69, 9.17) is 11.6 Å². The molecule has 0 N–H and O–H groups in total. The molecule has 1 rings (SSSR count). The Morgan fingerprint density at radius 2 is 1.92 bits per heavy atom. The van der Waals surface area contributed by atoms with Crippen LogP contribution in [0, 0.1) is 0 Å². The van der Waals surface area contributed by atoms with Gasteiger partial charge in [0.15, 0.2) is 0 Å². The van der Waals surface area contributed by atoms with Crippen molar-refractivity contribution < 1.29 is 0 Å². The third kappa shape index (κ3) is 3.70. The highest BCUT2D eigenvalue weighted by atomic mass is 79.9. The molecule has 0 amide bonds. The summed E-state index contributed by atoms with van der Waals surface area (Å²) in [7, 11) is 0. The van der Waals surface area contributed by atoms with Gasteiger partial charge in [0.2, 0.25) is 0 Å². The molecule has 0 radical (unpaired) electrons. The van der Waals surface area contributed by atoms with Gasteiger partial charge in [-0.2, -0.15) is 0 Å². The average molecular weight is 262 g/mol. The highest BCUT2D eigenvalue weighted by Crippen LogP contribution is 2.17. The number of hydrogen-bond acceptors (Lipinski definition) is 0. The molecule has 0 spiro atoms. The van der Waals surface area contributed by atoms with Gasteiger partial charge >= 0.3 is 0 Å². The standard InChI is InChI=1S/C11H14BrCl/c1-2-9-6-10(4-3-5-12)8-11(13)7-9/h6-8H,2-5H2,1H3. The summed E-state index contributed by atoms with van der Waals surface area (Å²) in [4.78, 5) is 0. The number of rotatable bonds is 4. The molecule has 0 bridgehead atoms. The van der Waals surface area contributed by atoms with E-state index in [1.54, 1.807) is 0 Å². The summed E-state index contributed by atoms with van der Waals surface area (Å²) in [6, 6.07) is 6.34. The van der Waals surface area contributed by atoms with Crippen LogP contribution < -0.4 is 0 Å². The summed E-state index contributed by atoms with van der Waals surface area (Å²) < 4.78 is 0. The molecule has 0 aliphatic carbocycles. The fourth-order valence-corrected chi connectivity index (χ4v) is 1.90. The molecule has 0 aromatic heterocycles. The fourth-order valence-electron chi connectivity index (χ4n) is 1.34. The molecule has 0 saturated heterocycles. The minimum Gasteiger partial charge on any atom is -0.0928 e. The van der Waals surface area contributed by atoms with Gasteiger partial charge in [-0.1, -0.05) is 40.5 Å². The molecule has 13 heavy (non-hydrogen) atoms. The number of halogens is 2. The maximum Gasteiger partial charge on any atom is 0.0411 e. The van der Waals surface area contributed by atoms with Gasteiger partial charge in [-0.25, -0.2) is 0 Å². The smallest absolute Gasteiger partial charge is 0.0411 e. The van der Waals surface area contributed by atoms with Crippen LogP contribution in [0.5, 0.6) is 0 Å². The van der Waals surface area contributed by atoms with Crippen LogP contribution in [0.4, 0.5) is 0 Å². The second kappa shape index (κ2) is 5.66. The van der Waals surface area contributed by atoms with Crippen molar-refractivity contribution in [3.8, 4) is 0 Å². The number of benzene rings is 1. The second-order valence-electron chi connectivity index (χ2n) is 3.11. The Morgan fingerprint density at radius 1 is 1.23 bits per heavy atom. The molecule has 72 valence electrons. The molecule has 0 atom stereocenters. The first kappa shape index (κ1) is 11.1. The van der Waals surface area contributed by atoms with Crippen molar-refractivity contribution in [2.24, 2.45) is 0 Å². The third-order valence-corrected chi connectivity index (χ3v) is 2.80. The quantitative estimate of drug-likeness (QED) is 0.712. The van der Waals surface area contributed by atoms with Gasteiger partial charge in [0.1, 0.15) is 0 Å². The Balaban J connectivity index is 2.76. The largest absolute Gasteiger partial charge is 0.0928 e. The van der Waals surface area contributed by atoms with Gasteiger partial charge < -0.3 is 0 Å². The van der Waals surface area contributed by atoms with Crippen molar-refractivity contribution in [1.29, 1.82) is 0 Å². The molecule has 2 heteroatoms. The second-order valence-corrected chi connectivity index (χ2v) is 4.34. The van der Waals surface area contributed by atoms with E-state index >= 15 is 0 Å². The lowest BCUT2D eigenvalue weighted by atomic mass is 10.1. The molecular weight excluding hydrogens is 247 g/mol. The van der Waals surface area contributed by atoms with Gasteiger partial charge in [0.05, 0.1) is 0 Å². The Morgan fingerprint density at radius 3 is 2.54 bits per heavy atom. The average Bonchev–Trinajstić information content (AvgIpc) is 2.14. The molecule has 0 heterocycles. The Bertz CT molecular complexity index is 271. The highest BCUT2D eigenvalue weighted by Gasteiger charge is 1.98. The maximum absolute atomic E-state index is 6.00. The minimum absolute atomic E-state index is 0.865. The molecule has 0 saturated carbocycles. The predicted octanol–water partition coefficient (Wildman–Crippen LogP) is 4.23. The van der Waals surface area contributed by atoms with E-state index in [9.17, 15) is 0 Å². The first-order valence-electron chi connectivity index (χ1n) is 4.60. The molecule has 0 fully saturated rings. The minimum atomic E-state index is 0.865. The summed E-state index contributed by atoms with van der Waals surface area (Å²) in [6.07, 6.45) is 3.34. The number of alkyl halides is 1. The lowest BCUT2D eigenvalue weighted by Crippen LogP contribution is -1.89. The van der Waals surface area contributed by atoms with Crippen LogP contribution in [0.15, 0.2) is 18.2 Å². The normalized spacial score (nSPS) is 10.4. The van der Waals surface area contributed by atoms with Crippen LogP contribution in [0.25, 0.3) is 0 Å². The Kier molecular flexibility index (Phi) is 4.82. The van der Waals surface area contributed by atoms with E-state index in [1.807, 2.05) is 6.07 Å². The lowest BCUT2D eigenvalue weighted by Gasteiger charge is -2.03. The van der Waals surface area contributed by atoms with Gasteiger partial charge in [0, 0.05) is 10.4 Å². The van der Waals surface area contributed by atoms with E-state index in [-0.39, 0.29) is 0 Å². The lowest BCUT2D eigenvalue weighted by molar-refractivity contribution is 0.934. The molecule has 0 nitrogen and oxygen atoms in total. The van der Waals surface area contributed by atoms with Crippen molar-refractivity contribution in [2.45, 2.75) is 26.2 Å². The first-order valence-corrected chi connectivity index (χ1v) is 6.10. The molecule has 1 aromatic rings. The van der Waals surface area contributed by atoms with Gasteiger partial charge in [0.25, 0.3) is 0 Å². The van der Waals surface area contributed by atoms with Crippen molar-refractivity contribution in [1.82, 2.24) is 0 Å². The third-order valence-electron chi connectivity index (χ3n) is 2.02. The van der Waals surface area contributed by atoms with Gasteiger partial charge in [-0.3, -0.25) is 0 Å². The van der Waals surface area contributed by atoms with E-state index in [0.29, 0.717) is 0 Å². The zero-order valence-electron chi connectivity index (χ0n) is 7.82. The van der Waals surface area contributed by atoms with Crippen LogP contribution in [-0.4, -0.2) is 5.33 Å². The van der Waals surface area contributed by atoms with E-state index < -0.39 is 0 Å². The van der Waals surface area contributed by atoms with E-state index in [1.165, 1.54) is 17.5 Å². The SMILES string of the molecule is CCc1cc(Cl)cc(CCCBr)c1.